The summed E-state index contributed by atoms with van der Waals surface area (Å²) in [5.41, 5.74) is 0.204. The molecule has 0 radical (unpaired) electrons. The van der Waals surface area contributed by atoms with E-state index in [1.807, 2.05) is 0 Å². The van der Waals surface area contributed by atoms with Crippen molar-refractivity contribution in [3.63, 3.8) is 0 Å². The molecule has 6 heteroatoms. The number of rotatable bonds is 2. The van der Waals surface area contributed by atoms with Crippen LogP contribution in [0, 0.1) is 5.82 Å². The number of hydrogen-bond donors (Lipinski definition) is 1. The van der Waals surface area contributed by atoms with Gasteiger partial charge in [0.15, 0.2) is 16.8 Å². The molecule has 1 aromatic carbocycles. The van der Waals surface area contributed by atoms with Gasteiger partial charge in [0.05, 0.1) is 10.7 Å². The zero-order chi connectivity index (χ0) is 11.5. The Bertz CT molecular complexity index is 519. The quantitative estimate of drug-likeness (QED) is 0.893. The summed E-state index contributed by atoms with van der Waals surface area (Å²) in [5, 5.41) is 2.92. The molecule has 2 rings (SSSR count). The number of nitrogens with one attached hydrogen (secondary N) is 1. The molecule has 0 unspecified atom stereocenters. The SMILES string of the molecule is Fc1c(Cl)cccc1Nc1nccnc1Cl. The van der Waals surface area contributed by atoms with Crippen molar-refractivity contribution < 1.29 is 4.39 Å². The van der Waals surface area contributed by atoms with Gasteiger partial charge in [0.1, 0.15) is 0 Å². The Morgan fingerprint density at radius 3 is 2.62 bits per heavy atom. The molecule has 82 valence electrons. The van der Waals surface area contributed by atoms with Crippen molar-refractivity contribution in [3.8, 4) is 0 Å². The molecule has 0 bridgehead atoms. The van der Waals surface area contributed by atoms with Gasteiger partial charge in [0.25, 0.3) is 0 Å². The molecule has 0 atom stereocenters. The van der Waals surface area contributed by atoms with Gasteiger partial charge in [-0.05, 0) is 12.1 Å². The molecule has 1 heterocycles. The minimum Gasteiger partial charge on any atom is -0.335 e. The largest absolute Gasteiger partial charge is 0.335 e. The van der Waals surface area contributed by atoms with Crippen molar-refractivity contribution in [2.75, 3.05) is 5.32 Å². The Morgan fingerprint density at radius 1 is 1.12 bits per heavy atom. The summed E-state index contributed by atoms with van der Waals surface area (Å²) >= 11 is 11.4. The molecule has 3 nitrogen and oxygen atoms in total. The molecule has 0 amide bonds. The summed E-state index contributed by atoms with van der Waals surface area (Å²) in [5.74, 6) is -0.267. The molecule has 0 aliphatic carbocycles. The second-order valence-electron chi connectivity index (χ2n) is 2.92. The Labute approximate surface area is 101 Å². The molecule has 1 N–H and O–H groups in total. The Balaban J connectivity index is 2.35. The maximum atomic E-state index is 13.5. The van der Waals surface area contributed by atoms with Gasteiger partial charge in [-0.2, -0.15) is 0 Å². The minimum absolute atomic E-state index is 0.0324. The van der Waals surface area contributed by atoms with Gasteiger partial charge in [0.2, 0.25) is 0 Å². The topological polar surface area (TPSA) is 37.8 Å². The van der Waals surface area contributed by atoms with Crippen LogP contribution < -0.4 is 5.32 Å². The van der Waals surface area contributed by atoms with Gasteiger partial charge < -0.3 is 5.32 Å². The molecule has 0 saturated carbocycles. The molecule has 0 aliphatic rings. The summed E-state index contributed by atoms with van der Waals surface area (Å²) in [6, 6.07) is 4.62. The number of nitrogens with zero attached hydrogens (tertiary/aromatic N) is 2. The number of benzene rings is 1. The van der Waals surface area contributed by atoms with Crippen LogP contribution in [0.15, 0.2) is 30.6 Å². The van der Waals surface area contributed by atoms with Crippen LogP contribution in [0.3, 0.4) is 0 Å². The van der Waals surface area contributed by atoms with Crippen molar-refractivity contribution in [2.24, 2.45) is 0 Å². The summed E-state index contributed by atoms with van der Waals surface area (Å²) in [6.07, 6.45) is 2.90. The lowest BCUT2D eigenvalue weighted by atomic mass is 10.3. The first kappa shape index (κ1) is 11.1. The highest BCUT2D eigenvalue weighted by molar-refractivity contribution is 6.32. The predicted octanol–water partition coefficient (Wildman–Crippen LogP) is 3.67. The van der Waals surface area contributed by atoms with Crippen molar-refractivity contribution in [3.05, 3.63) is 46.6 Å². The highest BCUT2D eigenvalue weighted by Gasteiger charge is 2.08. The van der Waals surface area contributed by atoms with E-state index in [4.69, 9.17) is 23.2 Å². The highest BCUT2D eigenvalue weighted by Crippen LogP contribution is 2.26. The van der Waals surface area contributed by atoms with Crippen LogP contribution in [-0.4, -0.2) is 9.97 Å². The van der Waals surface area contributed by atoms with E-state index in [2.05, 4.69) is 15.3 Å². The Morgan fingerprint density at radius 2 is 1.88 bits per heavy atom. The third-order valence-corrected chi connectivity index (χ3v) is 2.43. The molecule has 1 aromatic heterocycles. The third-order valence-electron chi connectivity index (χ3n) is 1.86. The first-order valence-electron chi connectivity index (χ1n) is 4.36. The monoisotopic (exact) mass is 257 g/mol. The fourth-order valence-electron chi connectivity index (χ4n) is 1.13. The summed E-state index contributed by atoms with van der Waals surface area (Å²) in [6.45, 7) is 0. The first-order valence-corrected chi connectivity index (χ1v) is 5.11. The van der Waals surface area contributed by atoms with E-state index in [9.17, 15) is 4.39 Å². The average Bonchev–Trinajstić information content (AvgIpc) is 2.28. The van der Waals surface area contributed by atoms with Gasteiger partial charge in [-0.1, -0.05) is 29.3 Å². The fraction of sp³-hybridized carbons (Fsp3) is 0. The number of halogens is 3. The molecule has 16 heavy (non-hydrogen) atoms. The predicted molar refractivity (Wildman–Crippen MR) is 61.7 cm³/mol. The van der Waals surface area contributed by atoms with Gasteiger partial charge in [-0.3, -0.25) is 0 Å². The normalized spacial score (nSPS) is 10.2. The van der Waals surface area contributed by atoms with Crippen LogP contribution in [0.5, 0.6) is 0 Å². The Kier molecular flexibility index (Phi) is 3.22. The maximum Gasteiger partial charge on any atom is 0.171 e. The number of aromatic nitrogens is 2. The van der Waals surface area contributed by atoms with Crippen LogP contribution in [0.2, 0.25) is 10.2 Å². The molecular weight excluding hydrogens is 252 g/mol. The van der Waals surface area contributed by atoms with E-state index in [-0.39, 0.29) is 21.7 Å². The average molecular weight is 258 g/mol. The molecule has 0 fully saturated rings. The van der Waals surface area contributed by atoms with Gasteiger partial charge in [-0.25, -0.2) is 14.4 Å². The van der Waals surface area contributed by atoms with E-state index in [0.29, 0.717) is 0 Å². The van der Waals surface area contributed by atoms with Gasteiger partial charge in [0, 0.05) is 12.4 Å². The summed E-state index contributed by atoms with van der Waals surface area (Å²) in [7, 11) is 0. The van der Waals surface area contributed by atoms with Crippen LogP contribution in [0.25, 0.3) is 0 Å². The first-order chi connectivity index (χ1) is 7.68. The van der Waals surface area contributed by atoms with Crippen molar-refractivity contribution >= 4 is 34.7 Å². The van der Waals surface area contributed by atoms with E-state index in [0.717, 1.165) is 0 Å². The third kappa shape index (κ3) is 2.23. The molecule has 0 saturated heterocycles. The molecule has 0 aliphatic heterocycles. The van der Waals surface area contributed by atoms with Crippen molar-refractivity contribution in [2.45, 2.75) is 0 Å². The lowest BCUT2D eigenvalue weighted by Crippen LogP contribution is -1.98. The van der Waals surface area contributed by atoms with Crippen molar-refractivity contribution in [1.29, 1.82) is 0 Å². The highest BCUT2D eigenvalue weighted by atomic mass is 35.5. The summed E-state index contributed by atoms with van der Waals surface area (Å²) in [4.78, 5) is 7.74. The van der Waals surface area contributed by atoms with Crippen LogP contribution in [0.1, 0.15) is 0 Å². The number of hydrogen-bond acceptors (Lipinski definition) is 3. The van der Waals surface area contributed by atoms with Crippen LogP contribution in [0.4, 0.5) is 15.9 Å². The zero-order valence-electron chi connectivity index (χ0n) is 7.92. The lowest BCUT2D eigenvalue weighted by Gasteiger charge is -2.07. The Hall–Kier alpha value is -1.39. The second-order valence-corrected chi connectivity index (χ2v) is 3.69. The molecular formula is C10H6Cl2FN3. The van der Waals surface area contributed by atoms with Crippen molar-refractivity contribution in [1.82, 2.24) is 9.97 Å². The van der Waals surface area contributed by atoms with Crippen LogP contribution in [-0.2, 0) is 0 Å². The maximum absolute atomic E-state index is 13.5. The van der Waals surface area contributed by atoms with Gasteiger partial charge >= 0.3 is 0 Å². The minimum atomic E-state index is -0.550. The zero-order valence-corrected chi connectivity index (χ0v) is 9.43. The van der Waals surface area contributed by atoms with E-state index in [1.165, 1.54) is 24.5 Å². The smallest absolute Gasteiger partial charge is 0.171 e. The molecule has 2 aromatic rings. The van der Waals surface area contributed by atoms with E-state index in [1.54, 1.807) is 6.07 Å². The van der Waals surface area contributed by atoms with E-state index < -0.39 is 5.82 Å². The standard InChI is InChI=1S/C10H6Cl2FN3/c11-6-2-1-3-7(8(6)13)16-10-9(12)14-4-5-15-10/h1-5H,(H,15,16). The number of anilines is 2. The molecule has 0 spiro atoms. The summed E-state index contributed by atoms with van der Waals surface area (Å²) < 4.78 is 13.5. The second kappa shape index (κ2) is 4.63. The fourth-order valence-corrected chi connectivity index (χ4v) is 1.46. The van der Waals surface area contributed by atoms with E-state index >= 15 is 0 Å². The van der Waals surface area contributed by atoms with Crippen LogP contribution >= 0.6 is 23.2 Å². The lowest BCUT2D eigenvalue weighted by molar-refractivity contribution is 0.632. The van der Waals surface area contributed by atoms with Gasteiger partial charge in [-0.15, -0.1) is 0 Å².